The van der Waals surface area contributed by atoms with Crippen molar-refractivity contribution in [3.8, 4) is 0 Å². The van der Waals surface area contributed by atoms with Crippen molar-refractivity contribution in [2.24, 2.45) is 0 Å². The second kappa shape index (κ2) is 48.4. The van der Waals surface area contributed by atoms with E-state index in [1.807, 2.05) is 6.08 Å². The van der Waals surface area contributed by atoms with E-state index in [0.29, 0.717) is 12.8 Å². The summed E-state index contributed by atoms with van der Waals surface area (Å²) >= 11 is 0. The van der Waals surface area contributed by atoms with E-state index in [0.717, 1.165) is 44.9 Å². The Morgan fingerprint density at radius 3 is 1.36 bits per heavy atom. The number of hydrogen-bond donors (Lipinski definition) is 9. The van der Waals surface area contributed by atoms with Crippen LogP contribution in [0.1, 0.15) is 239 Å². The molecule has 2 fully saturated rings. The van der Waals surface area contributed by atoms with Gasteiger partial charge >= 0.3 is 0 Å². The first-order valence-electron chi connectivity index (χ1n) is 31.0. The standard InChI is InChI=1S/C63H113NO13/c1-3-5-7-9-11-13-15-17-19-21-22-23-24-25-26-27-28-29-30-31-33-35-37-39-41-43-45-47-55(68)64-51(52(67)46-44-42-40-38-36-34-32-20-18-16-14-12-10-8-6-4-2)50-74-62-60(73)58(71)61(54(49-66)76-62)77-63-59(72)57(70)56(69)53(48-65)75-63/h15,17,21-22,24-25,36,38,44,46,51-54,56-63,65-67,69-73H,3-14,16,18-20,23,26-35,37,39-43,45,47-50H2,1-2H3,(H,64,68)/b17-15-,22-21-,25-24-,38-36+,46-44+. The zero-order chi connectivity index (χ0) is 56.0. The molecule has 2 aliphatic rings. The smallest absolute Gasteiger partial charge is 0.220 e. The summed E-state index contributed by atoms with van der Waals surface area (Å²) in [6.45, 7) is 2.77. The van der Waals surface area contributed by atoms with Gasteiger partial charge in [0.15, 0.2) is 12.6 Å². The lowest BCUT2D eigenvalue weighted by Crippen LogP contribution is -2.65. The Kier molecular flexibility index (Phi) is 44.5. The number of ether oxygens (including phenoxy) is 4. The molecule has 0 saturated carbocycles. The molecule has 0 aromatic carbocycles. The molecule has 14 heteroatoms. The number of allylic oxidation sites excluding steroid dienone is 9. The maximum absolute atomic E-state index is 13.3. The van der Waals surface area contributed by atoms with Crippen LogP contribution in [0.25, 0.3) is 0 Å². The highest BCUT2D eigenvalue weighted by atomic mass is 16.7. The molecule has 0 radical (unpaired) electrons. The summed E-state index contributed by atoms with van der Waals surface area (Å²) in [5, 5.41) is 87.1. The number of carbonyl (C=O) groups is 1. The largest absolute Gasteiger partial charge is 0.394 e. The molecular formula is C63H113NO13. The first-order valence-corrected chi connectivity index (χ1v) is 31.0. The van der Waals surface area contributed by atoms with E-state index in [2.05, 4.69) is 67.8 Å². The van der Waals surface area contributed by atoms with Gasteiger partial charge in [0.05, 0.1) is 32.0 Å². The highest BCUT2D eigenvalue weighted by molar-refractivity contribution is 5.76. The van der Waals surface area contributed by atoms with Crippen LogP contribution in [0.2, 0.25) is 0 Å². The fourth-order valence-corrected chi connectivity index (χ4v) is 9.90. The van der Waals surface area contributed by atoms with Gasteiger partial charge in [-0.2, -0.15) is 0 Å². The molecular weight excluding hydrogens is 979 g/mol. The van der Waals surface area contributed by atoms with E-state index in [-0.39, 0.29) is 18.9 Å². The van der Waals surface area contributed by atoms with E-state index in [1.165, 1.54) is 161 Å². The predicted molar refractivity (Wildman–Crippen MR) is 309 cm³/mol. The summed E-state index contributed by atoms with van der Waals surface area (Å²) in [6, 6.07) is -0.934. The third kappa shape index (κ3) is 33.9. The molecule has 2 aliphatic heterocycles. The Labute approximate surface area is 466 Å². The Bertz CT molecular complexity index is 1520. The zero-order valence-corrected chi connectivity index (χ0v) is 48.2. The lowest BCUT2D eigenvalue weighted by atomic mass is 9.97. The van der Waals surface area contributed by atoms with Crippen molar-refractivity contribution in [2.75, 3.05) is 19.8 Å². The summed E-state index contributed by atoms with van der Waals surface area (Å²) in [5.41, 5.74) is 0. The van der Waals surface area contributed by atoms with Crippen molar-refractivity contribution >= 4 is 5.91 Å². The van der Waals surface area contributed by atoms with Gasteiger partial charge < -0.3 is 65.1 Å². The first-order chi connectivity index (χ1) is 37.6. The van der Waals surface area contributed by atoms with Crippen LogP contribution in [-0.4, -0.2) is 140 Å². The minimum atomic E-state index is -1.79. The van der Waals surface area contributed by atoms with Crippen molar-refractivity contribution in [1.82, 2.24) is 5.32 Å². The van der Waals surface area contributed by atoms with E-state index < -0.39 is 86.8 Å². The molecule has 2 heterocycles. The number of hydrogen-bond acceptors (Lipinski definition) is 13. The highest BCUT2D eigenvalue weighted by Crippen LogP contribution is 2.30. The molecule has 14 nitrogen and oxygen atoms in total. The van der Waals surface area contributed by atoms with Crippen LogP contribution in [-0.2, 0) is 23.7 Å². The van der Waals surface area contributed by atoms with Crippen LogP contribution in [0.15, 0.2) is 60.8 Å². The van der Waals surface area contributed by atoms with Crippen molar-refractivity contribution in [3.63, 3.8) is 0 Å². The molecule has 2 saturated heterocycles. The summed E-state index contributed by atoms with van der Waals surface area (Å²) < 4.78 is 22.8. The predicted octanol–water partition coefficient (Wildman–Crippen LogP) is 10.9. The van der Waals surface area contributed by atoms with Gasteiger partial charge in [0, 0.05) is 6.42 Å². The number of aliphatic hydroxyl groups is 8. The maximum Gasteiger partial charge on any atom is 0.220 e. The highest BCUT2D eigenvalue weighted by Gasteiger charge is 2.51. The summed E-state index contributed by atoms with van der Waals surface area (Å²) in [6.07, 6.45) is 45.5. The van der Waals surface area contributed by atoms with Gasteiger partial charge in [-0.3, -0.25) is 4.79 Å². The van der Waals surface area contributed by atoms with Gasteiger partial charge in [0.25, 0.3) is 0 Å². The fraction of sp³-hybridized carbons (Fsp3) is 0.825. The SMILES string of the molecule is CCCCCCC/C=C\C/C=C\C/C=C\CCCCCCCCCCCCCCC(=O)NC(COC1OC(CO)C(OC2OC(CO)C(O)C(O)C2O)C(O)C1O)C(O)/C=C/CC/C=C/CCCCCCCCCCCC. The van der Waals surface area contributed by atoms with Crippen LogP contribution < -0.4 is 5.32 Å². The van der Waals surface area contributed by atoms with Crippen LogP contribution in [0.4, 0.5) is 0 Å². The second-order valence-corrected chi connectivity index (χ2v) is 21.8. The topological polar surface area (TPSA) is 228 Å². The van der Waals surface area contributed by atoms with Gasteiger partial charge in [-0.05, 0) is 70.6 Å². The first kappa shape index (κ1) is 70.8. The Hall–Kier alpha value is -2.31. The molecule has 1 amide bonds. The average Bonchev–Trinajstić information content (AvgIpc) is 3.43. The third-order valence-electron chi connectivity index (χ3n) is 14.9. The molecule has 0 spiro atoms. The number of aliphatic hydroxyl groups excluding tert-OH is 8. The van der Waals surface area contributed by atoms with Gasteiger partial charge in [-0.15, -0.1) is 0 Å². The fourth-order valence-electron chi connectivity index (χ4n) is 9.90. The average molecular weight is 1090 g/mol. The van der Waals surface area contributed by atoms with Gasteiger partial charge in [-0.25, -0.2) is 0 Å². The number of unbranched alkanes of at least 4 members (excludes halogenated alkanes) is 28. The summed E-state index contributed by atoms with van der Waals surface area (Å²) in [7, 11) is 0. The van der Waals surface area contributed by atoms with E-state index >= 15 is 0 Å². The summed E-state index contributed by atoms with van der Waals surface area (Å²) in [5.74, 6) is -0.252. The van der Waals surface area contributed by atoms with Crippen molar-refractivity contribution < 1.29 is 64.6 Å². The number of carbonyl (C=O) groups excluding carboxylic acids is 1. The Morgan fingerprint density at radius 2 is 0.870 bits per heavy atom. The molecule has 0 bridgehead atoms. The van der Waals surface area contributed by atoms with E-state index in [9.17, 15) is 45.6 Å². The number of rotatable bonds is 49. The molecule has 0 aromatic rings. The van der Waals surface area contributed by atoms with Crippen LogP contribution in [0.3, 0.4) is 0 Å². The molecule has 12 atom stereocenters. The van der Waals surface area contributed by atoms with Gasteiger partial charge in [0.1, 0.15) is 48.8 Å². The van der Waals surface area contributed by atoms with Crippen LogP contribution >= 0.6 is 0 Å². The van der Waals surface area contributed by atoms with Gasteiger partial charge in [-0.1, -0.05) is 222 Å². The second-order valence-electron chi connectivity index (χ2n) is 21.8. The molecule has 77 heavy (non-hydrogen) atoms. The zero-order valence-electron chi connectivity index (χ0n) is 48.2. The lowest BCUT2D eigenvalue weighted by molar-refractivity contribution is -0.359. The maximum atomic E-state index is 13.3. The normalized spacial score (nSPS) is 25.1. The van der Waals surface area contributed by atoms with Crippen molar-refractivity contribution in [3.05, 3.63) is 60.8 Å². The Balaban J connectivity index is 1.73. The third-order valence-corrected chi connectivity index (χ3v) is 14.9. The van der Waals surface area contributed by atoms with Crippen molar-refractivity contribution in [1.29, 1.82) is 0 Å². The molecule has 0 aromatic heterocycles. The minimum Gasteiger partial charge on any atom is -0.394 e. The van der Waals surface area contributed by atoms with Gasteiger partial charge in [0.2, 0.25) is 5.91 Å². The quantitative estimate of drug-likeness (QED) is 0.0204. The molecule has 448 valence electrons. The lowest BCUT2D eigenvalue weighted by Gasteiger charge is -2.46. The monoisotopic (exact) mass is 1090 g/mol. The molecule has 12 unspecified atom stereocenters. The van der Waals surface area contributed by atoms with Crippen molar-refractivity contribution in [2.45, 2.75) is 312 Å². The van der Waals surface area contributed by atoms with E-state index in [4.69, 9.17) is 18.9 Å². The Morgan fingerprint density at radius 1 is 0.468 bits per heavy atom. The number of nitrogens with one attached hydrogen (secondary N) is 1. The summed E-state index contributed by atoms with van der Waals surface area (Å²) in [4.78, 5) is 13.3. The molecule has 2 rings (SSSR count). The van der Waals surface area contributed by atoms with E-state index in [1.54, 1.807) is 6.08 Å². The van der Waals surface area contributed by atoms with Crippen LogP contribution in [0, 0.1) is 0 Å². The number of amides is 1. The minimum absolute atomic E-state index is 0.252. The molecule has 0 aliphatic carbocycles. The van der Waals surface area contributed by atoms with Crippen LogP contribution in [0.5, 0.6) is 0 Å². The molecule has 9 N–H and O–H groups in total.